The van der Waals surface area contributed by atoms with E-state index in [1.807, 2.05) is 4.90 Å². The van der Waals surface area contributed by atoms with Crippen LogP contribution in [0.3, 0.4) is 0 Å². The monoisotopic (exact) mass is 456 g/mol. The number of anilines is 1. The third-order valence-corrected chi connectivity index (χ3v) is 5.56. The summed E-state index contributed by atoms with van der Waals surface area (Å²) in [7, 11) is 0. The summed E-state index contributed by atoms with van der Waals surface area (Å²) >= 11 is 0. The molecule has 2 fully saturated rings. The van der Waals surface area contributed by atoms with Crippen molar-refractivity contribution in [3.63, 3.8) is 0 Å². The number of halogens is 1. The number of nitrogens with one attached hydrogen (secondary N) is 1. The van der Waals surface area contributed by atoms with Crippen molar-refractivity contribution in [1.29, 1.82) is 0 Å². The first-order valence-electron chi connectivity index (χ1n) is 10.8. The molecule has 3 amide bonds. The number of benzene rings is 1. The summed E-state index contributed by atoms with van der Waals surface area (Å²) in [4.78, 5) is 51.7. The number of amides is 3. The summed E-state index contributed by atoms with van der Waals surface area (Å²) in [5.41, 5.74) is 0.609. The number of carbonyl (C=O) groups excluding carboxylic acids is 3. The van der Waals surface area contributed by atoms with Crippen LogP contribution in [0.5, 0.6) is 0 Å². The predicted molar refractivity (Wildman–Crippen MR) is 116 cm³/mol. The third kappa shape index (κ3) is 5.68. The van der Waals surface area contributed by atoms with Crippen LogP contribution < -0.4 is 5.32 Å². The maximum Gasteiger partial charge on any atom is 0.275 e. The van der Waals surface area contributed by atoms with Crippen molar-refractivity contribution in [2.24, 2.45) is 0 Å². The van der Waals surface area contributed by atoms with Gasteiger partial charge in [-0.3, -0.25) is 19.3 Å². The molecule has 2 aliphatic rings. The topological polar surface area (TPSA) is 108 Å². The fourth-order valence-electron chi connectivity index (χ4n) is 3.76. The lowest BCUT2D eigenvalue weighted by Gasteiger charge is -2.34. The zero-order valence-corrected chi connectivity index (χ0v) is 18.1. The maximum absolute atomic E-state index is 13.1. The van der Waals surface area contributed by atoms with Crippen molar-refractivity contribution in [2.75, 3.05) is 64.3 Å². The molecule has 174 valence electrons. The molecule has 2 saturated heterocycles. The second kappa shape index (κ2) is 10.5. The average molecular weight is 456 g/mol. The Hall–Kier alpha value is -3.44. The minimum Gasteiger partial charge on any atom is -0.378 e. The highest BCUT2D eigenvalue weighted by Gasteiger charge is 2.30. The van der Waals surface area contributed by atoms with Gasteiger partial charge in [0.25, 0.3) is 11.8 Å². The fourth-order valence-corrected chi connectivity index (χ4v) is 3.76. The Bertz CT molecular complexity index is 1000. The van der Waals surface area contributed by atoms with E-state index in [0.29, 0.717) is 58.2 Å². The molecule has 0 aliphatic carbocycles. The Morgan fingerprint density at radius 3 is 1.97 bits per heavy atom. The van der Waals surface area contributed by atoms with Crippen LogP contribution >= 0.6 is 0 Å². The van der Waals surface area contributed by atoms with E-state index in [-0.39, 0.29) is 41.5 Å². The van der Waals surface area contributed by atoms with Gasteiger partial charge < -0.3 is 19.9 Å². The van der Waals surface area contributed by atoms with Gasteiger partial charge in [0.15, 0.2) is 11.4 Å². The minimum atomic E-state index is -0.369. The van der Waals surface area contributed by atoms with Crippen molar-refractivity contribution in [3.8, 4) is 0 Å². The SMILES string of the molecule is O=C(CN1CCN(C(=O)c2nccnc2C(=O)N2CCOCC2)CC1)Nc1ccc(F)cc1. The van der Waals surface area contributed by atoms with Gasteiger partial charge in [0.1, 0.15) is 5.82 Å². The smallest absolute Gasteiger partial charge is 0.275 e. The van der Waals surface area contributed by atoms with Gasteiger partial charge in [0.2, 0.25) is 5.91 Å². The van der Waals surface area contributed by atoms with Gasteiger partial charge in [-0.15, -0.1) is 0 Å². The molecule has 2 aromatic rings. The molecule has 0 bridgehead atoms. The van der Waals surface area contributed by atoms with Crippen molar-refractivity contribution >= 4 is 23.4 Å². The number of rotatable bonds is 5. The lowest BCUT2D eigenvalue weighted by atomic mass is 10.2. The van der Waals surface area contributed by atoms with Crippen LogP contribution in [-0.2, 0) is 9.53 Å². The second-order valence-electron chi connectivity index (χ2n) is 7.78. The summed E-state index contributed by atoms with van der Waals surface area (Å²) in [6.07, 6.45) is 2.81. The quantitative estimate of drug-likeness (QED) is 0.698. The molecule has 0 atom stereocenters. The number of ether oxygens (including phenoxy) is 1. The number of carbonyl (C=O) groups is 3. The first-order chi connectivity index (χ1) is 16.0. The van der Waals surface area contributed by atoms with Gasteiger partial charge in [-0.1, -0.05) is 0 Å². The molecular formula is C22H25FN6O4. The molecule has 3 heterocycles. The highest BCUT2D eigenvalue weighted by Crippen LogP contribution is 2.14. The Balaban J connectivity index is 1.32. The first kappa shape index (κ1) is 22.7. The van der Waals surface area contributed by atoms with E-state index >= 15 is 0 Å². The molecule has 1 N–H and O–H groups in total. The predicted octanol–water partition coefficient (Wildman–Crippen LogP) is 0.485. The second-order valence-corrected chi connectivity index (χ2v) is 7.78. The van der Waals surface area contributed by atoms with Crippen LogP contribution in [0.15, 0.2) is 36.7 Å². The zero-order valence-electron chi connectivity index (χ0n) is 18.1. The summed E-state index contributed by atoms with van der Waals surface area (Å²) in [5.74, 6) is -1.26. The summed E-state index contributed by atoms with van der Waals surface area (Å²) in [6, 6.07) is 5.57. The zero-order chi connectivity index (χ0) is 23.2. The molecule has 4 rings (SSSR count). The van der Waals surface area contributed by atoms with Crippen LogP contribution in [0.2, 0.25) is 0 Å². The van der Waals surface area contributed by atoms with Crippen LogP contribution in [-0.4, -0.2) is 101 Å². The van der Waals surface area contributed by atoms with Gasteiger partial charge in [-0.2, -0.15) is 0 Å². The summed E-state index contributed by atoms with van der Waals surface area (Å²) < 4.78 is 18.3. The molecule has 10 nitrogen and oxygen atoms in total. The van der Waals surface area contributed by atoms with E-state index < -0.39 is 0 Å². The lowest BCUT2D eigenvalue weighted by Crippen LogP contribution is -2.51. The molecule has 1 aromatic carbocycles. The Morgan fingerprint density at radius 1 is 0.848 bits per heavy atom. The van der Waals surface area contributed by atoms with Crippen LogP contribution in [0.25, 0.3) is 0 Å². The van der Waals surface area contributed by atoms with Crippen molar-refractivity contribution in [1.82, 2.24) is 24.7 Å². The molecule has 0 spiro atoms. The summed E-state index contributed by atoms with van der Waals surface area (Å²) in [6.45, 7) is 3.73. The number of nitrogens with zero attached hydrogens (tertiary/aromatic N) is 5. The van der Waals surface area contributed by atoms with Crippen molar-refractivity contribution < 1.29 is 23.5 Å². The van der Waals surface area contributed by atoms with E-state index in [2.05, 4.69) is 15.3 Å². The maximum atomic E-state index is 13.1. The average Bonchev–Trinajstić information content (AvgIpc) is 2.85. The molecule has 0 unspecified atom stereocenters. The molecule has 11 heteroatoms. The standard InChI is InChI=1S/C22H25FN6O4/c23-16-1-3-17(4-2-16)26-18(30)15-27-7-9-28(10-8-27)21(31)19-20(25-6-5-24-19)22(32)29-11-13-33-14-12-29/h1-6H,7-15H2,(H,26,30). The van der Waals surface area contributed by atoms with Crippen LogP contribution in [0.4, 0.5) is 10.1 Å². The van der Waals surface area contributed by atoms with E-state index in [4.69, 9.17) is 4.74 Å². The summed E-state index contributed by atoms with van der Waals surface area (Å²) in [5, 5.41) is 2.73. The third-order valence-electron chi connectivity index (χ3n) is 5.56. The molecular weight excluding hydrogens is 431 g/mol. The molecule has 33 heavy (non-hydrogen) atoms. The molecule has 0 saturated carbocycles. The van der Waals surface area contributed by atoms with Crippen LogP contribution in [0, 0.1) is 5.82 Å². The van der Waals surface area contributed by atoms with Gasteiger partial charge >= 0.3 is 0 Å². The number of hydrogen-bond donors (Lipinski definition) is 1. The van der Waals surface area contributed by atoms with E-state index in [1.165, 1.54) is 36.7 Å². The molecule has 1 aromatic heterocycles. The number of morpholine rings is 1. The number of aromatic nitrogens is 2. The van der Waals surface area contributed by atoms with Gasteiger partial charge in [-0.05, 0) is 24.3 Å². The largest absolute Gasteiger partial charge is 0.378 e. The number of hydrogen-bond acceptors (Lipinski definition) is 7. The van der Waals surface area contributed by atoms with E-state index in [9.17, 15) is 18.8 Å². The minimum absolute atomic E-state index is 0.0384. The van der Waals surface area contributed by atoms with E-state index in [0.717, 1.165) is 0 Å². The molecule has 0 radical (unpaired) electrons. The fraction of sp³-hybridized carbons (Fsp3) is 0.409. The van der Waals surface area contributed by atoms with Gasteiger partial charge in [-0.25, -0.2) is 14.4 Å². The van der Waals surface area contributed by atoms with Crippen molar-refractivity contribution in [3.05, 3.63) is 53.9 Å². The van der Waals surface area contributed by atoms with Crippen molar-refractivity contribution in [2.45, 2.75) is 0 Å². The Morgan fingerprint density at radius 2 is 1.39 bits per heavy atom. The van der Waals surface area contributed by atoms with E-state index in [1.54, 1.807) is 9.80 Å². The first-order valence-corrected chi connectivity index (χ1v) is 10.8. The normalized spacial score (nSPS) is 17.0. The highest BCUT2D eigenvalue weighted by atomic mass is 19.1. The Labute approximate surface area is 190 Å². The van der Waals surface area contributed by atoms with Gasteiger partial charge in [0.05, 0.1) is 19.8 Å². The lowest BCUT2D eigenvalue weighted by molar-refractivity contribution is -0.117. The Kier molecular flexibility index (Phi) is 7.20. The van der Waals surface area contributed by atoms with Crippen LogP contribution in [0.1, 0.15) is 21.0 Å². The highest BCUT2D eigenvalue weighted by molar-refractivity contribution is 6.04. The number of piperazine rings is 1. The van der Waals surface area contributed by atoms with Gasteiger partial charge in [0, 0.05) is 57.3 Å². The molecule has 2 aliphatic heterocycles.